The lowest BCUT2D eigenvalue weighted by atomic mass is 9.90. The Kier molecular flexibility index (Phi) is 26.3. The summed E-state index contributed by atoms with van der Waals surface area (Å²) in [5.41, 5.74) is 24.6. The summed E-state index contributed by atoms with van der Waals surface area (Å²) in [5.74, 6) is 2.51. The molecule has 0 fully saturated rings. The second kappa shape index (κ2) is 38.5. The molecule has 12 nitrogen and oxygen atoms in total. The Morgan fingerprint density at radius 2 is 0.460 bits per heavy atom. The van der Waals surface area contributed by atoms with E-state index in [0.29, 0.717) is 22.3 Å². The van der Waals surface area contributed by atoms with Crippen LogP contribution in [-0.2, 0) is 25.7 Å². The summed E-state index contributed by atoms with van der Waals surface area (Å²) in [6, 6.07) is 118. The SMILES string of the molecule is CC(C)Oc1ccc(N(c2ccccc2)c2ccc(C=O)cc2)cc1.COc1ccc(N(c2ccc(C=O)cc2)c2cccc3c2CCCC3)cc1.COc1ccc(N(c2ccccc2)c2ccc(N(c3ccccc3)c3ccc(C=O)cc3)cc2)cc1.O=Cc1ccc(N(c2ccccc2)c2cccc3c2CCCC3)cc1. The van der Waals surface area contributed by atoms with E-state index in [-0.39, 0.29) is 6.10 Å². The van der Waals surface area contributed by atoms with Crippen LogP contribution < -0.4 is 38.7 Å². The van der Waals surface area contributed by atoms with E-state index in [2.05, 4.69) is 170 Å². The molecule has 0 saturated carbocycles. The van der Waals surface area contributed by atoms with E-state index in [9.17, 15) is 19.2 Å². The van der Waals surface area contributed by atoms with Gasteiger partial charge in [-0.3, -0.25) is 19.2 Å². The highest BCUT2D eigenvalue weighted by molar-refractivity contribution is 5.87. The Balaban J connectivity index is 0.000000133. The molecule has 0 heterocycles. The third-order valence-corrected chi connectivity index (χ3v) is 19.9. The van der Waals surface area contributed by atoms with Gasteiger partial charge in [0.1, 0.15) is 42.4 Å². The van der Waals surface area contributed by atoms with Crippen molar-refractivity contribution < 1.29 is 33.4 Å². The maximum Gasteiger partial charge on any atom is 0.150 e. The molecule has 0 saturated heterocycles. The molecular weight excluding hydrogens is 1400 g/mol. The minimum atomic E-state index is 0.145. The van der Waals surface area contributed by atoms with Crippen LogP contribution in [0, 0.1) is 0 Å². The van der Waals surface area contributed by atoms with Crippen LogP contribution in [0.4, 0.5) is 85.3 Å². The van der Waals surface area contributed by atoms with Gasteiger partial charge in [0.2, 0.25) is 0 Å². The summed E-state index contributed by atoms with van der Waals surface area (Å²) in [4.78, 5) is 55.3. The lowest BCUT2D eigenvalue weighted by Crippen LogP contribution is -2.15. The summed E-state index contributed by atoms with van der Waals surface area (Å²) in [5, 5.41) is 0. The number of anilines is 15. The highest BCUT2D eigenvalue weighted by Crippen LogP contribution is 2.45. The first-order chi connectivity index (χ1) is 55.6. The lowest BCUT2D eigenvalue weighted by molar-refractivity contribution is 0.111. The first kappa shape index (κ1) is 77.3. The fourth-order valence-corrected chi connectivity index (χ4v) is 14.4. The Morgan fingerprint density at radius 3 is 0.717 bits per heavy atom. The molecule has 113 heavy (non-hydrogen) atoms. The topological polar surface area (TPSA) is 112 Å². The molecular formula is C101H91N5O7. The number of nitrogens with zero attached hydrogens (tertiary/aromatic N) is 5. The third-order valence-electron chi connectivity index (χ3n) is 19.9. The predicted octanol–water partition coefficient (Wildman–Crippen LogP) is 25.9. The lowest BCUT2D eigenvalue weighted by Gasteiger charge is -2.30. The molecule has 0 spiro atoms. The van der Waals surface area contributed by atoms with Crippen molar-refractivity contribution in [2.75, 3.05) is 38.7 Å². The number of ether oxygens (including phenoxy) is 3. The summed E-state index contributed by atoms with van der Waals surface area (Å²) in [6.07, 6.45) is 13.2. The number of rotatable bonds is 23. The molecule has 0 unspecified atom stereocenters. The zero-order valence-corrected chi connectivity index (χ0v) is 64.1. The van der Waals surface area contributed by atoms with Crippen LogP contribution in [0.1, 0.15) is 103 Å². The zero-order chi connectivity index (χ0) is 78.1. The van der Waals surface area contributed by atoms with Gasteiger partial charge >= 0.3 is 0 Å². The minimum absolute atomic E-state index is 0.145. The third kappa shape index (κ3) is 19.4. The number of benzene rings is 14. The van der Waals surface area contributed by atoms with Crippen LogP contribution in [0.5, 0.6) is 17.2 Å². The average Bonchev–Trinajstić information content (AvgIpc) is 0.791. The molecule has 562 valence electrons. The normalized spacial score (nSPS) is 11.7. The van der Waals surface area contributed by atoms with Crippen LogP contribution in [-0.4, -0.2) is 45.5 Å². The molecule has 14 aromatic carbocycles. The van der Waals surface area contributed by atoms with Crippen LogP contribution in [0.25, 0.3) is 0 Å². The average molecular weight is 1490 g/mol. The summed E-state index contributed by atoms with van der Waals surface area (Å²) >= 11 is 0. The highest BCUT2D eigenvalue weighted by atomic mass is 16.5. The molecule has 2 aliphatic carbocycles. The maximum absolute atomic E-state index is 11.2. The van der Waals surface area contributed by atoms with Gasteiger partial charge in [-0.05, 0) is 342 Å². The van der Waals surface area contributed by atoms with E-state index in [4.69, 9.17) is 14.2 Å². The quantitative estimate of drug-likeness (QED) is 0.0568. The number of methoxy groups -OCH3 is 2. The standard InChI is InChI=1S/C32H26N2O2.C24H23NO2.C23H21NO.C22H21NO2/c1-36-32-22-20-31(21-23-32)34(27-10-6-3-7-11-27)30-18-16-29(17-19-30)33(26-8-4-2-5-9-26)28-14-12-25(24-35)13-15-28;1-27-22-15-13-21(14-16-22)25(20-11-9-18(17-26)10-12-20)24-8-4-6-19-5-2-3-7-23(19)24;25-17-18-13-15-21(16-14-18)24(20-9-2-1-3-10-20)23-12-6-8-19-7-4-5-11-22(19)23;1-17(2)25-22-14-12-21(13-15-22)23(19-6-4-3-5-7-19)20-10-8-18(16-24)9-11-20/h2-24H,1H3;4,6,8-17H,2-3,5,7H2,1H3;1-3,6,8-10,12-17H,4-5,7,11H2;3-17H,1-2H3. The smallest absolute Gasteiger partial charge is 0.150 e. The van der Waals surface area contributed by atoms with Gasteiger partial charge in [0.05, 0.1) is 20.3 Å². The Bertz CT molecular complexity index is 5350. The van der Waals surface area contributed by atoms with E-state index in [1.54, 1.807) is 14.2 Å². The van der Waals surface area contributed by atoms with E-state index in [1.807, 2.05) is 220 Å². The highest BCUT2D eigenvalue weighted by Gasteiger charge is 2.24. The van der Waals surface area contributed by atoms with Crippen molar-refractivity contribution in [1.29, 1.82) is 0 Å². The van der Waals surface area contributed by atoms with Gasteiger partial charge in [-0.1, -0.05) is 97.1 Å². The number of fused-ring (bicyclic) bond motifs is 2. The van der Waals surface area contributed by atoms with Crippen molar-refractivity contribution in [2.24, 2.45) is 0 Å². The van der Waals surface area contributed by atoms with Crippen molar-refractivity contribution in [3.05, 3.63) is 396 Å². The molecule has 0 aliphatic heterocycles. The number of carbonyl (C=O) groups is 4. The Morgan fingerprint density at radius 1 is 0.239 bits per heavy atom. The fourth-order valence-electron chi connectivity index (χ4n) is 14.4. The van der Waals surface area contributed by atoms with Gasteiger partial charge in [0.25, 0.3) is 0 Å². The van der Waals surface area contributed by atoms with Crippen LogP contribution in [0.2, 0.25) is 0 Å². The van der Waals surface area contributed by atoms with E-state index in [0.717, 1.165) is 142 Å². The fraction of sp³-hybridized carbons (Fsp3) is 0.129. The molecule has 0 N–H and O–H groups in total. The number of aryl methyl sites for hydroxylation is 2. The van der Waals surface area contributed by atoms with Crippen molar-refractivity contribution >= 4 is 110 Å². The molecule has 0 bridgehead atoms. The number of carbonyl (C=O) groups excluding carboxylic acids is 4. The molecule has 14 aromatic rings. The first-order valence-corrected chi connectivity index (χ1v) is 38.4. The largest absolute Gasteiger partial charge is 0.497 e. The Labute approximate surface area is 663 Å². The van der Waals surface area contributed by atoms with E-state index in [1.165, 1.54) is 59.3 Å². The molecule has 0 atom stereocenters. The first-order valence-electron chi connectivity index (χ1n) is 38.4. The van der Waals surface area contributed by atoms with Gasteiger partial charge in [0.15, 0.2) is 0 Å². The van der Waals surface area contributed by atoms with Gasteiger partial charge in [-0.15, -0.1) is 0 Å². The summed E-state index contributed by atoms with van der Waals surface area (Å²) in [7, 11) is 3.35. The number of hydrogen-bond acceptors (Lipinski definition) is 12. The summed E-state index contributed by atoms with van der Waals surface area (Å²) in [6.45, 7) is 4.03. The van der Waals surface area contributed by atoms with Crippen molar-refractivity contribution in [1.82, 2.24) is 0 Å². The van der Waals surface area contributed by atoms with Gasteiger partial charge in [0, 0.05) is 108 Å². The van der Waals surface area contributed by atoms with Gasteiger partial charge in [-0.25, -0.2) is 0 Å². The Hall–Kier alpha value is -13.8. The van der Waals surface area contributed by atoms with Crippen molar-refractivity contribution in [3.8, 4) is 17.2 Å². The zero-order valence-electron chi connectivity index (χ0n) is 64.1. The van der Waals surface area contributed by atoms with Gasteiger partial charge in [-0.2, -0.15) is 0 Å². The monoisotopic (exact) mass is 1490 g/mol. The van der Waals surface area contributed by atoms with Crippen LogP contribution in [0.3, 0.4) is 0 Å². The van der Waals surface area contributed by atoms with Crippen LogP contribution in [0.15, 0.2) is 352 Å². The molecule has 12 heteroatoms. The van der Waals surface area contributed by atoms with Crippen molar-refractivity contribution in [3.63, 3.8) is 0 Å². The molecule has 2 aliphatic rings. The number of para-hydroxylation sites is 4. The van der Waals surface area contributed by atoms with Gasteiger partial charge < -0.3 is 38.7 Å². The minimum Gasteiger partial charge on any atom is -0.497 e. The van der Waals surface area contributed by atoms with E-state index < -0.39 is 0 Å². The molecule has 16 rings (SSSR count). The van der Waals surface area contributed by atoms with E-state index >= 15 is 0 Å². The summed E-state index contributed by atoms with van der Waals surface area (Å²) < 4.78 is 16.4. The molecule has 0 aromatic heterocycles. The second-order valence-corrected chi connectivity index (χ2v) is 27.7. The number of aldehydes is 4. The maximum atomic E-state index is 11.2. The predicted molar refractivity (Wildman–Crippen MR) is 463 cm³/mol. The number of hydrogen-bond donors (Lipinski definition) is 0. The molecule has 0 amide bonds. The molecule has 0 radical (unpaired) electrons. The second-order valence-electron chi connectivity index (χ2n) is 27.7. The van der Waals surface area contributed by atoms with Crippen molar-refractivity contribution in [2.45, 2.75) is 71.3 Å². The van der Waals surface area contributed by atoms with Crippen LogP contribution >= 0.6 is 0 Å².